The molecule has 6 aromatic carbocycles. The molecule has 1 unspecified atom stereocenters. The minimum absolute atomic E-state index is 0.0705. The van der Waals surface area contributed by atoms with Crippen molar-refractivity contribution in [2.75, 3.05) is 52.2 Å². The predicted octanol–water partition coefficient (Wildman–Crippen LogP) is 15.0. The second-order valence-electron chi connectivity index (χ2n) is 22.0. The maximum Gasteiger partial charge on any atom is 0.416 e. The number of hydrogen-bond donors (Lipinski definition) is 0. The van der Waals surface area contributed by atoms with Crippen LogP contribution in [0.1, 0.15) is 127 Å². The van der Waals surface area contributed by atoms with E-state index in [1.165, 1.54) is 109 Å². The summed E-state index contributed by atoms with van der Waals surface area (Å²) in [6.45, 7) is -11.0. The van der Waals surface area contributed by atoms with Gasteiger partial charge in [-0.3, -0.25) is 19.2 Å². The first-order chi connectivity index (χ1) is 50.2. The summed E-state index contributed by atoms with van der Waals surface area (Å²) >= 11 is 1.93. The summed E-state index contributed by atoms with van der Waals surface area (Å²) in [7, 11) is 0. The summed E-state index contributed by atoms with van der Waals surface area (Å²) < 4.78 is 224. The van der Waals surface area contributed by atoms with Crippen molar-refractivity contribution in [3.8, 4) is 22.3 Å². The second kappa shape index (κ2) is 32.7. The van der Waals surface area contributed by atoms with Gasteiger partial charge in [-0.15, -0.1) is 0 Å². The number of carbonyl (C=O) groups excluding carboxylic acids is 2. The van der Waals surface area contributed by atoms with Crippen LogP contribution in [-0.4, -0.2) is 103 Å². The van der Waals surface area contributed by atoms with E-state index in [1.807, 2.05) is 0 Å². The lowest BCUT2D eigenvalue weighted by molar-refractivity contribution is -0.138. The Morgan fingerprint density at radius 3 is 1.35 bits per heavy atom. The van der Waals surface area contributed by atoms with E-state index in [1.54, 1.807) is 38.1 Å². The molecule has 502 valence electrons. The Morgan fingerprint density at radius 1 is 0.537 bits per heavy atom. The van der Waals surface area contributed by atoms with Gasteiger partial charge in [-0.2, -0.15) is 36.3 Å². The number of hydrogen-bond acceptors (Lipinski definition) is 10. The Hall–Kier alpha value is -7.92. The normalized spacial score (nSPS) is 16.4. The summed E-state index contributed by atoms with van der Waals surface area (Å²) in [5.74, 6) is -3.30. The molecule has 2 heterocycles. The van der Waals surface area contributed by atoms with Crippen molar-refractivity contribution in [1.29, 1.82) is 0 Å². The third-order valence-corrected chi connectivity index (χ3v) is 18.0. The van der Waals surface area contributed by atoms with E-state index < -0.39 is 123 Å². The number of aromatic nitrogens is 4. The fourth-order valence-electron chi connectivity index (χ4n) is 10.6. The van der Waals surface area contributed by atoms with Crippen molar-refractivity contribution in [3.63, 3.8) is 0 Å². The van der Waals surface area contributed by atoms with Crippen LogP contribution in [0.3, 0.4) is 0 Å². The lowest BCUT2D eigenvalue weighted by Gasteiger charge is -2.33. The molecule has 0 fully saturated rings. The molecule has 0 saturated carbocycles. The van der Waals surface area contributed by atoms with Gasteiger partial charge in [0.15, 0.2) is 10.3 Å². The maximum absolute atomic E-state index is 14.8. The molecule has 0 saturated heterocycles. The highest BCUT2D eigenvalue weighted by molar-refractivity contribution is 7.98. The van der Waals surface area contributed by atoms with Gasteiger partial charge in [0.05, 0.1) is 26.7 Å². The Kier molecular flexibility index (Phi) is 19.0. The first kappa shape index (κ1) is 55.2. The Balaban J connectivity index is 0.000000249. The number of nitrogens with zero attached hydrogens (tertiary/aromatic N) is 8. The first-order valence-electron chi connectivity index (χ1n) is 37.0. The quantitative estimate of drug-likeness (QED) is 0.0295. The fourth-order valence-corrected chi connectivity index (χ4v) is 12.5. The lowest BCUT2D eigenvalue weighted by atomic mass is 9.99. The van der Waals surface area contributed by atoms with Crippen LogP contribution < -0.4 is 11.1 Å². The molecule has 22 heteroatoms. The van der Waals surface area contributed by atoms with Crippen molar-refractivity contribution in [3.05, 3.63) is 234 Å². The fraction of sp³-hybridized carbons (Fsp3) is 0.370. The molecular weight excluding hydrogens is 1270 g/mol. The van der Waals surface area contributed by atoms with Gasteiger partial charge in [-0.05, 0) is 165 Å². The molecule has 12 nitrogen and oxygen atoms in total. The summed E-state index contributed by atoms with van der Waals surface area (Å²) in [5, 5.41) is -0.260. The number of likely N-dealkylation sites (N-methyl/N-ethyl adjacent to an activating group) is 2. The number of alkyl halides is 6. The molecule has 0 spiro atoms. The predicted molar refractivity (Wildman–Crippen MR) is 358 cm³/mol. The second-order valence-corrected chi connectivity index (χ2v) is 23.9. The van der Waals surface area contributed by atoms with Gasteiger partial charge in [0.25, 0.3) is 11.1 Å². The lowest BCUT2D eigenvalue weighted by Crippen LogP contribution is -2.42. The van der Waals surface area contributed by atoms with E-state index in [0.29, 0.717) is 69.5 Å². The highest BCUT2D eigenvalue weighted by atomic mass is 32.2. The number of carbonyl (C=O) groups is 2. The highest BCUT2D eigenvalue weighted by Crippen LogP contribution is 2.35. The van der Waals surface area contributed by atoms with Crippen molar-refractivity contribution in [1.82, 2.24) is 38.7 Å². The van der Waals surface area contributed by atoms with Crippen LogP contribution in [-0.2, 0) is 78.7 Å². The van der Waals surface area contributed by atoms with Crippen LogP contribution in [0.25, 0.3) is 22.3 Å². The van der Waals surface area contributed by atoms with Crippen LogP contribution in [0.5, 0.6) is 0 Å². The van der Waals surface area contributed by atoms with Crippen LogP contribution >= 0.6 is 23.5 Å². The molecule has 2 aromatic heterocycles. The minimum atomic E-state index is -4.52. The van der Waals surface area contributed by atoms with E-state index in [0.717, 1.165) is 80.6 Å². The van der Waals surface area contributed by atoms with E-state index in [2.05, 4.69) is 9.97 Å². The number of halogens is 8. The van der Waals surface area contributed by atoms with Crippen molar-refractivity contribution in [2.45, 2.75) is 133 Å². The Bertz CT molecular complexity index is 4630. The smallest absolute Gasteiger partial charge is 0.336 e. The van der Waals surface area contributed by atoms with E-state index in [9.17, 15) is 61.2 Å². The number of benzene rings is 6. The van der Waals surface area contributed by atoms with E-state index in [-0.39, 0.29) is 75.8 Å². The average Bonchev–Trinajstić information content (AvgIpc) is 0.809. The molecule has 0 aliphatic heterocycles. The molecule has 2 aliphatic rings. The van der Waals surface area contributed by atoms with Gasteiger partial charge < -0.3 is 28.7 Å². The Labute approximate surface area is 575 Å². The number of amides is 2. The number of fused-ring (bicyclic) bond motifs is 2. The van der Waals surface area contributed by atoms with Crippen LogP contribution in [0.4, 0.5) is 35.1 Å². The number of rotatable bonds is 26. The molecular formula is C73H78F8N8O4S2. The largest absolute Gasteiger partial charge is 0.416 e. The first-order valence-corrected chi connectivity index (χ1v) is 32.5. The summed E-state index contributed by atoms with van der Waals surface area (Å²) in [5.41, 5.74) is 1.91. The average molecular weight is 1360 g/mol. The Morgan fingerprint density at radius 2 is 0.937 bits per heavy atom. The molecule has 2 amide bonds. The standard InChI is InChI=1S/C37H40F4N4O2S.C36H38F4N4O2S/c1-4-43(5-2)21-22-44(25(3)27-11-13-28(14-12-27)29-15-17-30(18-16-29)37(39,40)41)34(46)23-45-33-8-6-7-32(33)35(47)42-36(45)48-24-26-9-19-31(38)20-10-26;1-3-42(4-2)20-21-43(22-25-8-12-27(13-9-25)28-14-16-29(17-15-28)36(38,39)40)33(45)23-44-32-7-5-6-31(32)34(46)41-35(44)47-24-26-10-18-30(37)19-11-26/h9-20,25H,4-8,21-24H2,1-3H3;8-19H,3-7,20-24H2,1-2H3/i4D2,5D2,23D2,25D;20D2,21D2,23D2. The summed E-state index contributed by atoms with van der Waals surface area (Å²) in [4.78, 5) is 67.4. The molecule has 8 aromatic rings. The van der Waals surface area contributed by atoms with Crippen LogP contribution in [0, 0.1) is 11.6 Å². The van der Waals surface area contributed by atoms with Gasteiger partial charge in [-0.1, -0.05) is 148 Å². The summed E-state index contributed by atoms with van der Waals surface area (Å²) in [6.07, 6.45) is -6.93. The van der Waals surface area contributed by atoms with Gasteiger partial charge in [0.2, 0.25) is 11.8 Å². The van der Waals surface area contributed by atoms with Crippen molar-refractivity contribution < 1.29 is 62.5 Å². The third kappa shape index (κ3) is 18.8. The molecule has 10 rings (SSSR count). The van der Waals surface area contributed by atoms with Crippen molar-refractivity contribution in [2.24, 2.45) is 0 Å². The van der Waals surface area contributed by atoms with Gasteiger partial charge in [0, 0.05) is 74.9 Å². The zero-order valence-electron chi connectivity index (χ0n) is 65.6. The number of thioether (sulfide) groups is 2. The van der Waals surface area contributed by atoms with Gasteiger partial charge >= 0.3 is 12.4 Å². The molecule has 1 atom stereocenters. The van der Waals surface area contributed by atoms with E-state index >= 15 is 0 Å². The SMILES string of the molecule is [2H]C([2H])(C(=O)N(Cc1ccc(-c2ccc(C(F)(F)F)cc2)cc1)C([2H])([2H])C([2H])([2H])N(CC)CC)n1c(SCc2ccc(F)cc2)nc(=O)c2c1CCC2.[2H]C([2H])(C)N(CCN(C(=O)C([2H])([2H])n1c(SCc2ccc(F)cc2)nc(=O)c2c1CCC2)C([2H])(C)c1ccc(-c2ccc(C(F)(F)F)cc2)cc1)C([2H])([2H])C. The van der Waals surface area contributed by atoms with Crippen LogP contribution in [0.2, 0.25) is 0 Å². The minimum Gasteiger partial charge on any atom is -0.336 e. The van der Waals surface area contributed by atoms with Crippen LogP contribution in [0.15, 0.2) is 165 Å². The molecule has 0 N–H and O–H groups in total. The van der Waals surface area contributed by atoms with Gasteiger partial charge in [0.1, 0.15) is 24.6 Å². The topological polar surface area (TPSA) is 117 Å². The zero-order chi connectivity index (χ0) is 79.7. The monoisotopic (exact) mass is 1360 g/mol. The summed E-state index contributed by atoms with van der Waals surface area (Å²) in [6, 6.07) is 30.2. The maximum atomic E-state index is 14.8. The zero-order valence-corrected chi connectivity index (χ0v) is 54.2. The van der Waals surface area contributed by atoms with Crippen molar-refractivity contribution >= 4 is 35.3 Å². The highest BCUT2D eigenvalue weighted by Gasteiger charge is 2.32. The molecule has 2 aliphatic carbocycles. The molecule has 0 radical (unpaired) electrons. The van der Waals surface area contributed by atoms with Gasteiger partial charge in [-0.25, -0.2) is 8.78 Å². The molecule has 95 heavy (non-hydrogen) atoms. The van der Waals surface area contributed by atoms with E-state index in [4.69, 9.17) is 11.0 Å². The molecule has 0 bridgehead atoms. The third-order valence-electron chi connectivity index (χ3n) is 16.0.